The number of carbonyl (C=O) groups excluding carboxylic acids is 1. The highest BCUT2D eigenvalue weighted by Gasteiger charge is 2.35. The zero-order valence-electron chi connectivity index (χ0n) is 19.8. The number of rotatable bonds is 5. The number of aryl methyl sites for hydroxylation is 1. The van der Waals surface area contributed by atoms with Gasteiger partial charge in [-0.15, -0.1) is 11.3 Å². The van der Waals surface area contributed by atoms with Crippen LogP contribution in [0.15, 0.2) is 71.4 Å². The summed E-state index contributed by atoms with van der Waals surface area (Å²) < 4.78 is 6.08. The Hall–Kier alpha value is -4.08. The fraction of sp³-hybridized carbons (Fsp3) is 0.172. The summed E-state index contributed by atoms with van der Waals surface area (Å²) in [7, 11) is 0. The SMILES string of the molecule is Cc1[nH]c2ccccc2c1C1C(C#N)=C(N)Oc2c(C(C)C)cc(/C=C/C(=O)c3cccs3)cc21. The summed E-state index contributed by atoms with van der Waals surface area (Å²) in [6, 6.07) is 18.1. The number of benzene rings is 2. The number of nitriles is 1. The van der Waals surface area contributed by atoms with Gasteiger partial charge in [-0.3, -0.25) is 4.79 Å². The summed E-state index contributed by atoms with van der Waals surface area (Å²) in [5, 5.41) is 13.0. The lowest BCUT2D eigenvalue weighted by molar-refractivity contribution is 0.105. The topological polar surface area (TPSA) is 91.9 Å². The Morgan fingerprint density at radius 1 is 1.23 bits per heavy atom. The first-order valence-corrected chi connectivity index (χ1v) is 12.4. The van der Waals surface area contributed by atoms with Gasteiger partial charge in [0.05, 0.1) is 10.8 Å². The summed E-state index contributed by atoms with van der Waals surface area (Å²) in [6.07, 6.45) is 3.43. The van der Waals surface area contributed by atoms with Gasteiger partial charge < -0.3 is 15.5 Å². The Labute approximate surface area is 208 Å². The Morgan fingerprint density at radius 3 is 2.74 bits per heavy atom. The van der Waals surface area contributed by atoms with Crippen molar-refractivity contribution in [2.24, 2.45) is 5.73 Å². The molecule has 0 fully saturated rings. The molecule has 1 aliphatic rings. The van der Waals surface area contributed by atoms with Crippen molar-refractivity contribution >= 4 is 34.1 Å². The Bertz CT molecular complexity index is 1550. The van der Waals surface area contributed by atoms with Crippen molar-refractivity contribution in [3.63, 3.8) is 0 Å². The van der Waals surface area contributed by atoms with E-state index in [2.05, 4.69) is 31.0 Å². The first-order valence-electron chi connectivity index (χ1n) is 11.5. The van der Waals surface area contributed by atoms with Gasteiger partial charge in [-0.1, -0.05) is 44.2 Å². The quantitative estimate of drug-likeness (QED) is 0.244. The van der Waals surface area contributed by atoms with Gasteiger partial charge in [0, 0.05) is 22.2 Å². The van der Waals surface area contributed by atoms with Crippen LogP contribution in [0.25, 0.3) is 17.0 Å². The number of hydrogen-bond donors (Lipinski definition) is 2. The predicted octanol–water partition coefficient (Wildman–Crippen LogP) is 6.78. The number of allylic oxidation sites excluding steroid dienone is 2. The van der Waals surface area contributed by atoms with Crippen LogP contribution in [0.4, 0.5) is 0 Å². The molecular weight excluding hydrogens is 454 g/mol. The average Bonchev–Trinajstić information content (AvgIpc) is 3.49. The van der Waals surface area contributed by atoms with Crippen LogP contribution in [0.3, 0.4) is 0 Å². The maximum atomic E-state index is 12.6. The largest absolute Gasteiger partial charge is 0.440 e. The number of ether oxygens (including phenoxy) is 1. The van der Waals surface area contributed by atoms with Gasteiger partial charge in [0.2, 0.25) is 5.88 Å². The van der Waals surface area contributed by atoms with Gasteiger partial charge in [-0.05, 0) is 65.3 Å². The van der Waals surface area contributed by atoms with E-state index >= 15 is 0 Å². The zero-order chi connectivity index (χ0) is 24.7. The lowest BCUT2D eigenvalue weighted by Crippen LogP contribution is -2.22. The van der Waals surface area contributed by atoms with Gasteiger partial charge in [0.1, 0.15) is 17.4 Å². The summed E-state index contributed by atoms with van der Waals surface area (Å²) in [5.74, 6) is 0.539. The number of thiophene rings is 1. The molecule has 1 atom stereocenters. The molecule has 6 heteroatoms. The molecule has 2 aromatic heterocycles. The number of ketones is 1. The van der Waals surface area contributed by atoms with Crippen LogP contribution in [0, 0.1) is 18.3 Å². The normalized spacial score (nSPS) is 15.5. The smallest absolute Gasteiger partial charge is 0.205 e. The van der Waals surface area contributed by atoms with Crippen molar-refractivity contribution in [2.75, 3.05) is 0 Å². The monoisotopic (exact) mass is 479 g/mol. The third-order valence-corrected chi connectivity index (χ3v) is 7.30. The molecule has 5 rings (SSSR count). The number of H-pyrrole nitrogens is 1. The van der Waals surface area contributed by atoms with Crippen LogP contribution < -0.4 is 10.5 Å². The number of aromatic amines is 1. The number of aromatic nitrogens is 1. The van der Waals surface area contributed by atoms with E-state index in [0.29, 0.717) is 16.2 Å². The molecule has 4 aromatic rings. The highest BCUT2D eigenvalue weighted by molar-refractivity contribution is 7.12. The number of carbonyl (C=O) groups is 1. The van der Waals surface area contributed by atoms with Gasteiger partial charge in [-0.25, -0.2) is 0 Å². The van der Waals surface area contributed by atoms with Gasteiger partial charge in [0.25, 0.3) is 0 Å². The lowest BCUT2D eigenvalue weighted by Gasteiger charge is -2.29. The highest BCUT2D eigenvalue weighted by Crippen LogP contribution is 2.48. The molecule has 0 amide bonds. The van der Waals surface area contributed by atoms with Crippen molar-refractivity contribution in [3.05, 3.63) is 104 Å². The van der Waals surface area contributed by atoms with E-state index in [4.69, 9.17) is 10.5 Å². The molecule has 2 aromatic carbocycles. The molecular formula is C29H25N3O2S. The van der Waals surface area contributed by atoms with Crippen LogP contribution in [-0.2, 0) is 0 Å². The number of hydrogen-bond acceptors (Lipinski definition) is 5. The molecule has 174 valence electrons. The Balaban J connectivity index is 1.72. The van der Waals surface area contributed by atoms with Crippen LogP contribution in [0.2, 0.25) is 0 Å². The first-order chi connectivity index (χ1) is 16.9. The summed E-state index contributed by atoms with van der Waals surface area (Å²) >= 11 is 1.42. The number of fused-ring (bicyclic) bond motifs is 2. The van der Waals surface area contributed by atoms with E-state index < -0.39 is 5.92 Å². The fourth-order valence-electron chi connectivity index (χ4n) is 4.78. The average molecular weight is 480 g/mol. The van der Waals surface area contributed by atoms with Crippen LogP contribution >= 0.6 is 11.3 Å². The first kappa shape index (κ1) is 22.7. The van der Waals surface area contributed by atoms with E-state index in [1.807, 2.05) is 60.8 Å². The summed E-state index contributed by atoms with van der Waals surface area (Å²) in [5.41, 5.74) is 12.4. The van der Waals surface area contributed by atoms with E-state index in [1.54, 1.807) is 6.08 Å². The lowest BCUT2D eigenvalue weighted by atomic mass is 9.79. The molecule has 0 spiro atoms. The van der Waals surface area contributed by atoms with Crippen LogP contribution in [0.5, 0.6) is 5.75 Å². The summed E-state index contributed by atoms with van der Waals surface area (Å²) in [4.78, 5) is 16.7. The molecule has 3 heterocycles. The molecule has 5 nitrogen and oxygen atoms in total. The molecule has 0 saturated carbocycles. The van der Waals surface area contributed by atoms with Gasteiger partial charge in [-0.2, -0.15) is 5.26 Å². The molecule has 0 aliphatic carbocycles. The third kappa shape index (κ3) is 3.94. The molecule has 3 N–H and O–H groups in total. The van der Waals surface area contributed by atoms with E-state index in [-0.39, 0.29) is 17.6 Å². The molecule has 1 aliphatic heterocycles. The standard InChI is InChI=1S/C29H25N3O2S/c1-16(2)20-13-18(10-11-24(33)25-9-6-12-35-25)14-21-27(22(15-30)29(31)34-28(20)21)26-17(3)32-23-8-5-4-7-19(23)26/h4-14,16,27,32H,31H2,1-3H3/b11-10+. The number of nitrogens with one attached hydrogen (secondary N) is 1. The van der Waals surface area contributed by atoms with Crippen LogP contribution in [0.1, 0.15) is 63.3 Å². The van der Waals surface area contributed by atoms with Crippen molar-refractivity contribution in [3.8, 4) is 11.8 Å². The molecule has 0 radical (unpaired) electrons. The van der Waals surface area contributed by atoms with Gasteiger partial charge in [0.15, 0.2) is 5.78 Å². The van der Waals surface area contributed by atoms with E-state index in [1.165, 1.54) is 11.3 Å². The molecule has 0 saturated heterocycles. The number of nitrogens with two attached hydrogens (primary N) is 1. The second-order valence-electron chi connectivity index (χ2n) is 8.99. The maximum absolute atomic E-state index is 12.6. The van der Waals surface area contributed by atoms with E-state index in [0.717, 1.165) is 38.9 Å². The number of nitrogens with zero attached hydrogens (tertiary/aromatic N) is 1. The summed E-state index contributed by atoms with van der Waals surface area (Å²) in [6.45, 7) is 6.20. The maximum Gasteiger partial charge on any atom is 0.205 e. The predicted molar refractivity (Wildman–Crippen MR) is 141 cm³/mol. The molecule has 1 unspecified atom stereocenters. The Kier molecular flexibility index (Phi) is 5.80. The van der Waals surface area contributed by atoms with Crippen molar-refractivity contribution < 1.29 is 9.53 Å². The minimum absolute atomic E-state index is 0.0362. The fourth-order valence-corrected chi connectivity index (χ4v) is 5.43. The second-order valence-corrected chi connectivity index (χ2v) is 9.94. The third-order valence-electron chi connectivity index (χ3n) is 6.41. The number of para-hydroxylation sites is 1. The zero-order valence-corrected chi connectivity index (χ0v) is 20.6. The minimum Gasteiger partial charge on any atom is -0.440 e. The Morgan fingerprint density at radius 2 is 2.03 bits per heavy atom. The van der Waals surface area contributed by atoms with E-state index in [9.17, 15) is 10.1 Å². The van der Waals surface area contributed by atoms with Crippen molar-refractivity contribution in [1.29, 1.82) is 5.26 Å². The minimum atomic E-state index is -0.390. The van der Waals surface area contributed by atoms with Crippen molar-refractivity contribution in [2.45, 2.75) is 32.6 Å². The van der Waals surface area contributed by atoms with Crippen LogP contribution in [-0.4, -0.2) is 10.8 Å². The van der Waals surface area contributed by atoms with Gasteiger partial charge >= 0.3 is 0 Å². The highest BCUT2D eigenvalue weighted by atomic mass is 32.1. The molecule has 0 bridgehead atoms. The molecule has 35 heavy (non-hydrogen) atoms. The van der Waals surface area contributed by atoms with Crippen molar-refractivity contribution in [1.82, 2.24) is 4.98 Å². The second kappa shape index (κ2) is 8.94.